The number of nitrogens with zero attached hydrogens (tertiary/aromatic N) is 4. The number of ether oxygens (including phenoxy) is 1. The molecule has 32 heavy (non-hydrogen) atoms. The van der Waals surface area contributed by atoms with Crippen molar-refractivity contribution in [2.24, 2.45) is 5.73 Å². The van der Waals surface area contributed by atoms with Gasteiger partial charge >= 0.3 is 0 Å². The molecular formula is C22H29N7O3. The number of pyridine rings is 1. The maximum atomic E-state index is 12.7. The van der Waals surface area contributed by atoms with Gasteiger partial charge in [0.05, 0.1) is 12.3 Å². The Balaban J connectivity index is 0.000000354. The van der Waals surface area contributed by atoms with E-state index in [1.807, 2.05) is 12.3 Å². The first-order chi connectivity index (χ1) is 15.5. The third kappa shape index (κ3) is 4.31. The number of aromatic nitrogens is 4. The highest BCUT2D eigenvalue weighted by atomic mass is 16.5. The summed E-state index contributed by atoms with van der Waals surface area (Å²) >= 11 is 0. The van der Waals surface area contributed by atoms with E-state index >= 15 is 0 Å². The van der Waals surface area contributed by atoms with Crippen LogP contribution in [0.1, 0.15) is 54.9 Å². The molecule has 0 radical (unpaired) electrons. The van der Waals surface area contributed by atoms with Crippen molar-refractivity contribution in [1.29, 1.82) is 0 Å². The zero-order valence-corrected chi connectivity index (χ0v) is 18.4. The van der Waals surface area contributed by atoms with E-state index in [1.165, 1.54) is 30.0 Å². The summed E-state index contributed by atoms with van der Waals surface area (Å²) in [5.41, 5.74) is 6.27. The Morgan fingerprint density at radius 3 is 2.53 bits per heavy atom. The number of hydrogen-bond donors (Lipinski definition) is 3. The fourth-order valence-electron chi connectivity index (χ4n) is 3.68. The average Bonchev–Trinajstić information content (AvgIpc) is 3.13. The van der Waals surface area contributed by atoms with E-state index in [4.69, 9.17) is 10.5 Å². The van der Waals surface area contributed by atoms with E-state index < -0.39 is 5.91 Å². The van der Waals surface area contributed by atoms with Gasteiger partial charge in [0.25, 0.3) is 11.5 Å². The summed E-state index contributed by atoms with van der Waals surface area (Å²) in [6.07, 6.45) is 11.0. The molecule has 0 unspecified atom stereocenters. The van der Waals surface area contributed by atoms with Gasteiger partial charge in [-0.25, -0.2) is 4.98 Å². The van der Waals surface area contributed by atoms with Crippen molar-refractivity contribution < 1.29 is 9.53 Å². The number of nitrogens with two attached hydrogens (primary N) is 1. The number of methoxy groups -OCH3 is 1. The second kappa shape index (κ2) is 9.39. The summed E-state index contributed by atoms with van der Waals surface area (Å²) in [5.74, 6) is 0.423. The van der Waals surface area contributed by atoms with Crippen molar-refractivity contribution in [1.82, 2.24) is 19.2 Å². The Morgan fingerprint density at radius 2 is 2.00 bits per heavy atom. The van der Waals surface area contributed by atoms with Gasteiger partial charge in [0, 0.05) is 32.5 Å². The number of primary amides is 1. The molecule has 3 aromatic rings. The molecule has 0 atom stereocenters. The largest absolute Gasteiger partial charge is 0.381 e. The molecule has 1 amide bonds. The van der Waals surface area contributed by atoms with Crippen molar-refractivity contribution in [3.8, 4) is 0 Å². The number of fused-ring (bicyclic) bond motifs is 1. The van der Waals surface area contributed by atoms with Crippen LogP contribution in [0.5, 0.6) is 0 Å². The molecule has 0 spiro atoms. The number of amides is 1. The van der Waals surface area contributed by atoms with Gasteiger partial charge in [0.15, 0.2) is 5.65 Å². The minimum absolute atomic E-state index is 0.0893. The van der Waals surface area contributed by atoms with E-state index in [2.05, 4.69) is 20.7 Å². The van der Waals surface area contributed by atoms with Crippen LogP contribution in [0.25, 0.3) is 5.65 Å². The summed E-state index contributed by atoms with van der Waals surface area (Å²) in [7, 11) is 3.51. The molecular weight excluding hydrogens is 410 g/mol. The Labute approximate surface area is 185 Å². The molecule has 5 rings (SSSR count). The lowest BCUT2D eigenvalue weighted by atomic mass is 9.93. The molecule has 3 heterocycles. The van der Waals surface area contributed by atoms with Gasteiger partial charge in [-0.2, -0.15) is 9.61 Å². The molecule has 2 fully saturated rings. The van der Waals surface area contributed by atoms with Gasteiger partial charge < -0.3 is 25.7 Å². The van der Waals surface area contributed by atoms with Crippen LogP contribution in [0.4, 0.5) is 17.3 Å². The van der Waals surface area contributed by atoms with Crippen LogP contribution in [0.2, 0.25) is 0 Å². The molecule has 170 valence electrons. The predicted molar refractivity (Wildman–Crippen MR) is 123 cm³/mol. The van der Waals surface area contributed by atoms with E-state index in [0.29, 0.717) is 29.1 Å². The van der Waals surface area contributed by atoms with Crippen molar-refractivity contribution >= 4 is 28.9 Å². The first-order valence-electron chi connectivity index (χ1n) is 10.9. The quantitative estimate of drug-likeness (QED) is 0.538. The van der Waals surface area contributed by atoms with Crippen LogP contribution in [0.3, 0.4) is 0 Å². The SMILES string of the molecule is CNc1cc(Nc2cccn(C3CCC3)c2=O)nc2c(C(N)=O)cnn12.COC1CCC1. The van der Waals surface area contributed by atoms with Gasteiger partial charge in [-0.05, 0) is 50.7 Å². The summed E-state index contributed by atoms with van der Waals surface area (Å²) < 4.78 is 8.24. The van der Waals surface area contributed by atoms with Crippen LogP contribution < -0.4 is 21.9 Å². The lowest BCUT2D eigenvalue weighted by Crippen LogP contribution is -2.29. The van der Waals surface area contributed by atoms with E-state index in [-0.39, 0.29) is 17.2 Å². The highest BCUT2D eigenvalue weighted by molar-refractivity contribution is 5.98. The smallest absolute Gasteiger partial charge is 0.274 e. The Kier molecular flexibility index (Phi) is 6.40. The number of hydrogen-bond acceptors (Lipinski definition) is 7. The van der Waals surface area contributed by atoms with Crippen LogP contribution in [-0.2, 0) is 4.74 Å². The monoisotopic (exact) mass is 439 g/mol. The van der Waals surface area contributed by atoms with Gasteiger partial charge in [-0.1, -0.05) is 0 Å². The first kappa shape index (κ1) is 21.8. The molecule has 0 bridgehead atoms. The van der Waals surface area contributed by atoms with Gasteiger partial charge in [0.2, 0.25) is 0 Å². The van der Waals surface area contributed by atoms with Crippen molar-refractivity contribution in [2.45, 2.75) is 50.7 Å². The van der Waals surface area contributed by atoms with E-state index in [9.17, 15) is 9.59 Å². The minimum Gasteiger partial charge on any atom is -0.381 e. The lowest BCUT2D eigenvalue weighted by Gasteiger charge is -2.27. The topological polar surface area (TPSA) is 129 Å². The molecule has 10 heteroatoms. The summed E-state index contributed by atoms with van der Waals surface area (Å²) in [6, 6.07) is 5.54. The van der Waals surface area contributed by atoms with Crippen LogP contribution in [0, 0.1) is 0 Å². The first-order valence-corrected chi connectivity index (χ1v) is 10.9. The molecule has 4 N–H and O–H groups in total. The van der Waals surface area contributed by atoms with Gasteiger partial charge in [0.1, 0.15) is 22.9 Å². The second-order valence-corrected chi connectivity index (χ2v) is 8.07. The van der Waals surface area contributed by atoms with E-state index in [1.54, 1.807) is 30.9 Å². The number of carbonyl (C=O) groups excluding carboxylic acids is 1. The van der Waals surface area contributed by atoms with Crippen LogP contribution >= 0.6 is 0 Å². The fraction of sp³-hybridized carbons (Fsp3) is 0.455. The van der Waals surface area contributed by atoms with Crippen molar-refractivity contribution in [3.05, 3.63) is 46.5 Å². The standard InChI is InChI=1S/C17H19N7O2.C5H10O/c1-19-14-8-13(22-16-11(15(18)25)9-20-24(14)16)21-12-6-3-7-23(17(12)26)10-4-2-5-10;1-6-5-3-2-4-5/h3,6-10,19H,2,4-5H2,1H3,(H2,18,25)(H,21,22);5H,2-4H2,1H3. The highest BCUT2D eigenvalue weighted by Gasteiger charge is 2.21. The third-order valence-corrected chi connectivity index (χ3v) is 6.08. The van der Waals surface area contributed by atoms with Crippen LogP contribution in [0.15, 0.2) is 35.4 Å². The highest BCUT2D eigenvalue weighted by Crippen LogP contribution is 2.30. The van der Waals surface area contributed by atoms with Gasteiger partial charge in [-0.3, -0.25) is 9.59 Å². The maximum absolute atomic E-state index is 12.7. The zero-order valence-electron chi connectivity index (χ0n) is 18.4. The van der Waals surface area contributed by atoms with Crippen molar-refractivity contribution in [2.75, 3.05) is 24.8 Å². The van der Waals surface area contributed by atoms with E-state index in [0.717, 1.165) is 19.3 Å². The second-order valence-electron chi connectivity index (χ2n) is 8.07. The third-order valence-electron chi connectivity index (χ3n) is 6.08. The molecule has 2 aliphatic rings. The summed E-state index contributed by atoms with van der Waals surface area (Å²) in [6.45, 7) is 0. The Morgan fingerprint density at radius 1 is 1.25 bits per heavy atom. The number of carbonyl (C=O) groups is 1. The molecule has 0 aromatic carbocycles. The zero-order chi connectivity index (χ0) is 22.7. The molecule has 0 saturated heterocycles. The molecule has 10 nitrogen and oxygen atoms in total. The van der Waals surface area contributed by atoms with Gasteiger partial charge in [-0.15, -0.1) is 0 Å². The predicted octanol–water partition coefficient (Wildman–Crippen LogP) is 2.69. The number of rotatable bonds is 6. The molecule has 0 aliphatic heterocycles. The number of anilines is 3. The average molecular weight is 440 g/mol. The summed E-state index contributed by atoms with van der Waals surface area (Å²) in [5, 5.41) is 10.2. The normalized spacial score (nSPS) is 15.9. The Hall–Kier alpha value is -3.40. The maximum Gasteiger partial charge on any atom is 0.274 e. The minimum atomic E-state index is -0.612. The fourth-order valence-corrected chi connectivity index (χ4v) is 3.68. The molecule has 2 saturated carbocycles. The molecule has 2 aliphatic carbocycles. The Bertz CT molecular complexity index is 1160. The summed E-state index contributed by atoms with van der Waals surface area (Å²) in [4.78, 5) is 28.7. The van der Waals surface area contributed by atoms with Crippen molar-refractivity contribution in [3.63, 3.8) is 0 Å². The van der Waals surface area contributed by atoms with Crippen LogP contribution in [-0.4, -0.2) is 45.3 Å². The number of nitrogens with one attached hydrogen (secondary N) is 2. The molecule has 3 aromatic heterocycles. The lowest BCUT2D eigenvalue weighted by molar-refractivity contribution is 0.0412.